The van der Waals surface area contributed by atoms with Crippen molar-refractivity contribution in [2.75, 3.05) is 19.6 Å². The standard InChI is InChI=1S/C22H29NO/c1-22(2,17-23-15-7-4-8-16-23)21(24)20-13-11-19(12-14-20)18-9-5-3-6-10-18/h3,5-6,9-14,21,24H,4,7-8,15-17H2,1-2H3. The number of hydrogen-bond acceptors (Lipinski definition) is 2. The van der Waals surface area contributed by atoms with E-state index in [1.54, 1.807) is 0 Å². The molecule has 3 rings (SSSR count). The minimum absolute atomic E-state index is 0.147. The van der Waals surface area contributed by atoms with Gasteiger partial charge >= 0.3 is 0 Å². The van der Waals surface area contributed by atoms with Gasteiger partial charge in [-0.1, -0.05) is 74.9 Å². The van der Waals surface area contributed by atoms with E-state index in [4.69, 9.17) is 0 Å². The molecule has 1 aliphatic rings. The molecule has 2 heteroatoms. The summed E-state index contributed by atoms with van der Waals surface area (Å²) in [7, 11) is 0. The predicted molar refractivity (Wildman–Crippen MR) is 101 cm³/mol. The number of likely N-dealkylation sites (tertiary alicyclic amines) is 1. The summed E-state index contributed by atoms with van der Waals surface area (Å²) in [6.07, 6.45) is 3.49. The second-order valence-electron chi connectivity index (χ2n) is 7.72. The highest BCUT2D eigenvalue weighted by Gasteiger charge is 2.31. The van der Waals surface area contributed by atoms with Gasteiger partial charge in [0.1, 0.15) is 0 Å². The van der Waals surface area contributed by atoms with E-state index in [1.807, 2.05) is 6.07 Å². The molecule has 1 unspecified atom stereocenters. The van der Waals surface area contributed by atoms with Gasteiger partial charge in [-0.15, -0.1) is 0 Å². The molecule has 1 heterocycles. The topological polar surface area (TPSA) is 23.5 Å². The molecule has 0 bridgehead atoms. The van der Waals surface area contributed by atoms with Crippen LogP contribution in [0, 0.1) is 5.41 Å². The van der Waals surface area contributed by atoms with E-state index in [2.05, 4.69) is 67.3 Å². The van der Waals surface area contributed by atoms with Crippen molar-refractivity contribution in [1.82, 2.24) is 4.90 Å². The lowest BCUT2D eigenvalue weighted by Crippen LogP contribution is -2.40. The smallest absolute Gasteiger partial charge is 0.0853 e. The highest BCUT2D eigenvalue weighted by atomic mass is 16.3. The van der Waals surface area contributed by atoms with Crippen LogP contribution in [0.2, 0.25) is 0 Å². The van der Waals surface area contributed by atoms with Crippen LogP contribution in [0.4, 0.5) is 0 Å². The molecular formula is C22H29NO. The van der Waals surface area contributed by atoms with Gasteiger partial charge in [0.25, 0.3) is 0 Å². The van der Waals surface area contributed by atoms with Crippen LogP contribution < -0.4 is 0 Å². The number of aliphatic hydroxyl groups is 1. The number of rotatable bonds is 5. The number of benzene rings is 2. The fraction of sp³-hybridized carbons (Fsp3) is 0.455. The molecule has 128 valence electrons. The lowest BCUT2D eigenvalue weighted by Gasteiger charge is -2.38. The molecule has 1 aliphatic heterocycles. The fourth-order valence-electron chi connectivity index (χ4n) is 3.72. The van der Waals surface area contributed by atoms with Gasteiger partial charge in [-0.2, -0.15) is 0 Å². The molecule has 0 aliphatic carbocycles. The van der Waals surface area contributed by atoms with Crippen LogP contribution in [0.3, 0.4) is 0 Å². The lowest BCUT2D eigenvalue weighted by atomic mass is 9.81. The Hall–Kier alpha value is -1.64. The third kappa shape index (κ3) is 4.06. The van der Waals surface area contributed by atoms with Crippen LogP contribution in [-0.4, -0.2) is 29.6 Å². The van der Waals surface area contributed by atoms with Crippen LogP contribution in [-0.2, 0) is 0 Å². The Morgan fingerprint density at radius 1 is 0.875 bits per heavy atom. The maximum absolute atomic E-state index is 10.9. The Labute approximate surface area is 146 Å². The van der Waals surface area contributed by atoms with Crippen molar-refractivity contribution in [3.63, 3.8) is 0 Å². The van der Waals surface area contributed by atoms with E-state index in [9.17, 15) is 5.11 Å². The second kappa shape index (κ2) is 7.50. The number of nitrogens with zero attached hydrogens (tertiary/aromatic N) is 1. The Morgan fingerprint density at radius 3 is 2.08 bits per heavy atom. The molecule has 2 nitrogen and oxygen atoms in total. The molecule has 1 N–H and O–H groups in total. The molecule has 0 amide bonds. The SMILES string of the molecule is CC(C)(CN1CCCCC1)C(O)c1ccc(-c2ccccc2)cc1. The third-order valence-corrected chi connectivity index (χ3v) is 5.15. The van der Waals surface area contributed by atoms with E-state index in [0.717, 1.165) is 12.1 Å². The minimum atomic E-state index is -0.441. The van der Waals surface area contributed by atoms with Crippen molar-refractivity contribution < 1.29 is 5.11 Å². The molecule has 2 aromatic carbocycles. The van der Waals surface area contributed by atoms with Crippen LogP contribution in [0.25, 0.3) is 11.1 Å². The highest BCUT2D eigenvalue weighted by Crippen LogP contribution is 2.35. The van der Waals surface area contributed by atoms with E-state index >= 15 is 0 Å². The number of hydrogen-bond donors (Lipinski definition) is 1. The zero-order valence-corrected chi connectivity index (χ0v) is 14.9. The maximum atomic E-state index is 10.9. The second-order valence-corrected chi connectivity index (χ2v) is 7.72. The molecule has 0 spiro atoms. The lowest BCUT2D eigenvalue weighted by molar-refractivity contribution is 0.0159. The normalized spacial score (nSPS) is 17.6. The summed E-state index contributed by atoms with van der Waals surface area (Å²) in [6, 6.07) is 18.8. The quantitative estimate of drug-likeness (QED) is 0.846. The van der Waals surface area contributed by atoms with Gasteiger partial charge in [0.2, 0.25) is 0 Å². The maximum Gasteiger partial charge on any atom is 0.0853 e. The molecule has 0 aromatic heterocycles. The van der Waals surface area contributed by atoms with E-state index < -0.39 is 6.10 Å². The molecule has 1 atom stereocenters. The summed E-state index contributed by atoms with van der Waals surface area (Å²) < 4.78 is 0. The van der Waals surface area contributed by atoms with E-state index in [-0.39, 0.29) is 5.41 Å². The van der Waals surface area contributed by atoms with Crippen LogP contribution in [0.1, 0.15) is 44.8 Å². The summed E-state index contributed by atoms with van der Waals surface area (Å²) in [4.78, 5) is 2.51. The van der Waals surface area contributed by atoms with Crippen molar-refractivity contribution in [3.8, 4) is 11.1 Å². The van der Waals surface area contributed by atoms with Gasteiger partial charge in [0.15, 0.2) is 0 Å². The van der Waals surface area contributed by atoms with Gasteiger partial charge < -0.3 is 10.0 Å². The zero-order valence-electron chi connectivity index (χ0n) is 14.9. The molecule has 1 saturated heterocycles. The monoisotopic (exact) mass is 323 g/mol. The van der Waals surface area contributed by atoms with Gasteiger partial charge in [-0.3, -0.25) is 0 Å². The molecule has 0 saturated carbocycles. The highest BCUT2D eigenvalue weighted by molar-refractivity contribution is 5.63. The van der Waals surface area contributed by atoms with Crippen LogP contribution >= 0.6 is 0 Å². The van der Waals surface area contributed by atoms with Crippen molar-refractivity contribution in [2.24, 2.45) is 5.41 Å². The Balaban J connectivity index is 1.70. The largest absolute Gasteiger partial charge is 0.388 e. The number of aliphatic hydroxyl groups excluding tert-OH is 1. The van der Waals surface area contributed by atoms with Crippen molar-refractivity contribution >= 4 is 0 Å². The average Bonchev–Trinajstić information content (AvgIpc) is 2.62. The van der Waals surface area contributed by atoms with Gasteiger partial charge in [-0.05, 0) is 42.6 Å². The summed E-state index contributed by atoms with van der Waals surface area (Å²) in [5.74, 6) is 0. The zero-order chi connectivity index (χ0) is 17.0. The summed E-state index contributed by atoms with van der Waals surface area (Å²) >= 11 is 0. The third-order valence-electron chi connectivity index (χ3n) is 5.15. The molecule has 2 aromatic rings. The van der Waals surface area contributed by atoms with Crippen molar-refractivity contribution in [3.05, 3.63) is 60.2 Å². The Morgan fingerprint density at radius 2 is 1.46 bits per heavy atom. The van der Waals surface area contributed by atoms with E-state index in [0.29, 0.717) is 0 Å². The Bertz CT molecular complexity index is 627. The van der Waals surface area contributed by atoms with Crippen LogP contribution in [0.5, 0.6) is 0 Å². The first-order valence-electron chi connectivity index (χ1n) is 9.12. The summed E-state index contributed by atoms with van der Waals surface area (Å²) in [5, 5.41) is 10.9. The molecule has 1 fully saturated rings. The predicted octanol–water partition coefficient (Wildman–Crippen LogP) is 4.90. The Kier molecular flexibility index (Phi) is 5.37. The van der Waals surface area contributed by atoms with Crippen molar-refractivity contribution in [2.45, 2.75) is 39.2 Å². The molecule has 0 radical (unpaired) electrons. The van der Waals surface area contributed by atoms with Gasteiger partial charge in [0, 0.05) is 12.0 Å². The first kappa shape index (κ1) is 17.2. The fourth-order valence-corrected chi connectivity index (χ4v) is 3.72. The summed E-state index contributed by atoms with van der Waals surface area (Å²) in [6.45, 7) is 7.65. The van der Waals surface area contributed by atoms with Gasteiger partial charge in [-0.25, -0.2) is 0 Å². The number of piperidine rings is 1. The average molecular weight is 323 g/mol. The minimum Gasteiger partial charge on any atom is -0.388 e. The van der Waals surface area contributed by atoms with Crippen molar-refractivity contribution in [1.29, 1.82) is 0 Å². The van der Waals surface area contributed by atoms with Crippen LogP contribution in [0.15, 0.2) is 54.6 Å². The first-order valence-corrected chi connectivity index (χ1v) is 9.12. The van der Waals surface area contributed by atoms with Gasteiger partial charge in [0.05, 0.1) is 6.10 Å². The first-order chi connectivity index (χ1) is 11.6. The van der Waals surface area contributed by atoms with E-state index in [1.165, 1.54) is 43.5 Å². The molecular weight excluding hydrogens is 294 g/mol. The molecule has 24 heavy (non-hydrogen) atoms. The summed E-state index contributed by atoms with van der Waals surface area (Å²) in [5.41, 5.74) is 3.27.